The van der Waals surface area contributed by atoms with Gasteiger partial charge in [-0.05, 0) is 23.3 Å². The smallest absolute Gasteiger partial charge is 0.337 e. The Bertz CT molecular complexity index is 483. The third-order valence-corrected chi connectivity index (χ3v) is 2.57. The van der Waals surface area contributed by atoms with Gasteiger partial charge in [-0.1, -0.05) is 6.07 Å². The van der Waals surface area contributed by atoms with Crippen LogP contribution >= 0.6 is 11.6 Å². The lowest BCUT2D eigenvalue weighted by Crippen LogP contribution is -2.12. The molecule has 1 aromatic carbocycles. The maximum atomic E-state index is 11.2. The first-order chi connectivity index (χ1) is 8.47. The molecule has 1 rings (SSSR count). The van der Waals surface area contributed by atoms with Crippen LogP contribution in [0.1, 0.15) is 27.6 Å². The van der Waals surface area contributed by atoms with Crippen molar-refractivity contribution in [1.29, 1.82) is 0 Å². The van der Waals surface area contributed by atoms with Crippen LogP contribution < -0.4 is 0 Å². The molecule has 0 spiro atoms. The van der Waals surface area contributed by atoms with Gasteiger partial charge in [0.2, 0.25) is 0 Å². The highest BCUT2D eigenvalue weighted by Gasteiger charge is 2.17. The molecule has 0 saturated heterocycles. The first-order valence-electron chi connectivity index (χ1n) is 5.05. The molecule has 0 aliphatic heterocycles. The summed E-state index contributed by atoms with van der Waals surface area (Å²) >= 11 is 5.37. The second-order valence-electron chi connectivity index (χ2n) is 3.72. The number of carbonyl (C=O) groups is 3. The van der Waals surface area contributed by atoms with E-state index in [1.807, 2.05) is 0 Å². The van der Waals surface area contributed by atoms with Gasteiger partial charge in [-0.2, -0.15) is 0 Å². The molecule has 0 bridgehead atoms. The average Bonchev–Trinajstić information content (AvgIpc) is 2.36. The molecule has 0 aliphatic rings. The summed E-state index contributed by atoms with van der Waals surface area (Å²) < 4.78 is 0. The topological polar surface area (TPSA) is 91.7 Å². The molecular weight excluding hydrogens is 260 g/mol. The fraction of sp³-hybridized carbons (Fsp3) is 0.250. The predicted molar refractivity (Wildman–Crippen MR) is 63.9 cm³/mol. The van der Waals surface area contributed by atoms with E-state index in [4.69, 9.17) is 16.7 Å². The number of rotatable bonds is 6. The van der Waals surface area contributed by atoms with Crippen LogP contribution in [0.15, 0.2) is 18.2 Å². The molecule has 1 atom stereocenters. The van der Waals surface area contributed by atoms with Crippen LogP contribution in [0.5, 0.6) is 0 Å². The van der Waals surface area contributed by atoms with Crippen LogP contribution in [0.25, 0.3) is 0 Å². The molecule has 5 nitrogen and oxygen atoms in total. The molecule has 18 heavy (non-hydrogen) atoms. The molecule has 0 fully saturated rings. The number of aliphatic carboxylic acids is 1. The van der Waals surface area contributed by atoms with Gasteiger partial charge in [0.25, 0.3) is 0 Å². The lowest BCUT2D eigenvalue weighted by Gasteiger charge is -2.09. The molecule has 96 valence electrons. The number of hydrogen-bond donors (Lipinski definition) is 2. The minimum atomic E-state index is -1.73. The fourth-order valence-electron chi connectivity index (χ4n) is 1.49. The summed E-state index contributed by atoms with van der Waals surface area (Å²) in [4.78, 5) is 32.6. The molecule has 0 radical (unpaired) electrons. The van der Waals surface area contributed by atoms with E-state index in [0.717, 1.165) is 0 Å². The Hall–Kier alpha value is -1.72. The van der Waals surface area contributed by atoms with Gasteiger partial charge in [0.1, 0.15) is 6.29 Å². The van der Waals surface area contributed by atoms with Gasteiger partial charge in [-0.25, -0.2) is 4.79 Å². The van der Waals surface area contributed by atoms with Crippen LogP contribution in [0.3, 0.4) is 0 Å². The lowest BCUT2D eigenvalue weighted by molar-refractivity contribution is -0.146. The molecule has 2 N–H and O–H groups in total. The second kappa shape index (κ2) is 6.28. The number of benzene rings is 1. The van der Waals surface area contributed by atoms with Crippen LogP contribution in [0.2, 0.25) is 0 Å². The summed E-state index contributed by atoms with van der Waals surface area (Å²) in [6.07, 6.45) is -1.22. The van der Waals surface area contributed by atoms with Gasteiger partial charge < -0.3 is 10.2 Å². The SMILES string of the molecule is O=Cc1cc(CC(=O)CCl)cc(C(O)C(=O)O)c1. The van der Waals surface area contributed by atoms with E-state index in [9.17, 15) is 19.5 Å². The Labute approximate surface area is 108 Å². The molecule has 1 unspecified atom stereocenters. The summed E-state index contributed by atoms with van der Waals surface area (Å²) in [5.41, 5.74) is 0.704. The van der Waals surface area contributed by atoms with Crippen LogP contribution in [0, 0.1) is 0 Å². The van der Waals surface area contributed by atoms with E-state index in [-0.39, 0.29) is 29.2 Å². The number of aldehydes is 1. The van der Waals surface area contributed by atoms with Crippen molar-refractivity contribution in [3.63, 3.8) is 0 Å². The minimum absolute atomic E-state index is 0.00941. The van der Waals surface area contributed by atoms with Crippen molar-refractivity contribution >= 4 is 29.6 Å². The van der Waals surface area contributed by atoms with Crippen molar-refractivity contribution in [1.82, 2.24) is 0 Å². The molecule has 0 aliphatic carbocycles. The van der Waals surface area contributed by atoms with E-state index >= 15 is 0 Å². The van der Waals surface area contributed by atoms with Gasteiger partial charge in [0.05, 0.1) is 5.88 Å². The van der Waals surface area contributed by atoms with Crippen molar-refractivity contribution < 1.29 is 24.6 Å². The van der Waals surface area contributed by atoms with Gasteiger partial charge in [-0.3, -0.25) is 9.59 Å². The summed E-state index contributed by atoms with van der Waals surface area (Å²) in [6.45, 7) is 0. The Morgan fingerprint density at radius 3 is 2.50 bits per heavy atom. The normalized spacial score (nSPS) is 11.9. The van der Waals surface area contributed by atoms with Crippen LogP contribution in [0.4, 0.5) is 0 Å². The number of Topliss-reactive ketones (excluding diaryl/α,β-unsaturated/α-hetero) is 1. The molecular formula is C12H11ClO5. The third kappa shape index (κ3) is 3.65. The third-order valence-electron chi connectivity index (χ3n) is 2.27. The van der Waals surface area contributed by atoms with Gasteiger partial charge in [0.15, 0.2) is 11.9 Å². The highest BCUT2D eigenvalue weighted by atomic mass is 35.5. The van der Waals surface area contributed by atoms with Crippen molar-refractivity contribution in [3.8, 4) is 0 Å². The van der Waals surface area contributed by atoms with E-state index < -0.39 is 12.1 Å². The molecule has 0 amide bonds. The number of halogens is 1. The largest absolute Gasteiger partial charge is 0.479 e. The van der Waals surface area contributed by atoms with E-state index in [2.05, 4.69) is 0 Å². The minimum Gasteiger partial charge on any atom is -0.479 e. The molecule has 0 aromatic heterocycles. The first kappa shape index (κ1) is 14.3. The Kier molecular flexibility index (Phi) is 5.00. The van der Waals surface area contributed by atoms with Crippen molar-refractivity contribution in [3.05, 3.63) is 34.9 Å². The predicted octanol–water partition coefficient (Wildman–Crippen LogP) is 0.968. The summed E-state index contributed by atoms with van der Waals surface area (Å²) in [5, 5.41) is 18.1. The quantitative estimate of drug-likeness (QED) is 0.593. The lowest BCUT2D eigenvalue weighted by atomic mass is 9.99. The first-order valence-corrected chi connectivity index (χ1v) is 5.59. The number of carbonyl (C=O) groups excluding carboxylic acids is 2. The van der Waals surface area contributed by atoms with Crippen molar-refractivity contribution in [2.75, 3.05) is 5.88 Å². The van der Waals surface area contributed by atoms with Crippen LogP contribution in [-0.2, 0) is 16.0 Å². The highest BCUT2D eigenvalue weighted by Crippen LogP contribution is 2.18. The Morgan fingerprint density at radius 2 is 2.00 bits per heavy atom. The number of aliphatic hydroxyl groups is 1. The summed E-state index contributed by atoms with van der Waals surface area (Å²) in [5.74, 6) is -1.84. The number of aliphatic hydroxyl groups excluding tert-OH is 1. The Morgan fingerprint density at radius 1 is 1.33 bits per heavy atom. The molecule has 0 heterocycles. The van der Waals surface area contributed by atoms with Gasteiger partial charge >= 0.3 is 5.97 Å². The highest BCUT2D eigenvalue weighted by molar-refractivity contribution is 6.27. The van der Waals surface area contributed by atoms with E-state index in [1.165, 1.54) is 18.2 Å². The summed E-state index contributed by atoms with van der Waals surface area (Å²) in [7, 11) is 0. The van der Waals surface area contributed by atoms with Gasteiger partial charge in [-0.15, -0.1) is 11.6 Å². The Balaban J connectivity index is 3.12. The zero-order valence-corrected chi connectivity index (χ0v) is 10.1. The zero-order valence-electron chi connectivity index (χ0n) is 9.30. The van der Waals surface area contributed by atoms with Gasteiger partial charge in [0, 0.05) is 12.0 Å². The molecule has 6 heteroatoms. The van der Waals surface area contributed by atoms with Crippen molar-refractivity contribution in [2.24, 2.45) is 0 Å². The monoisotopic (exact) mass is 270 g/mol. The maximum Gasteiger partial charge on any atom is 0.337 e. The van der Waals surface area contributed by atoms with E-state index in [0.29, 0.717) is 11.8 Å². The molecule has 0 saturated carbocycles. The number of carboxylic acids is 1. The van der Waals surface area contributed by atoms with Crippen molar-refractivity contribution in [2.45, 2.75) is 12.5 Å². The number of carboxylic acid groups (broad SMARTS) is 1. The standard InChI is InChI=1S/C12H11ClO5/c13-5-10(15)4-7-1-8(6-14)3-9(2-7)11(16)12(17)18/h1-3,6,11,16H,4-5H2,(H,17,18). The molecule has 1 aromatic rings. The maximum absolute atomic E-state index is 11.2. The zero-order chi connectivity index (χ0) is 13.7. The van der Waals surface area contributed by atoms with Crippen LogP contribution in [-0.4, -0.2) is 34.1 Å². The van der Waals surface area contributed by atoms with E-state index in [1.54, 1.807) is 0 Å². The summed E-state index contributed by atoms with van der Waals surface area (Å²) in [6, 6.07) is 4.09. The number of hydrogen-bond acceptors (Lipinski definition) is 4. The average molecular weight is 271 g/mol. The number of alkyl halides is 1. The second-order valence-corrected chi connectivity index (χ2v) is 3.98. The number of ketones is 1. The fourth-order valence-corrected chi connectivity index (χ4v) is 1.59.